The second kappa shape index (κ2) is 9.45. The molecule has 0 fully saturated rings. The summed E-state index contributed by atoms with van der Waals surface area (Å²) in [6, 6.07) is 10.0. The van der Waals surface area contributed by atoms with Crippen LogP contribution >= 0.6 is 22.6 Å². The molecule has 0 aromatic heterocycles. The molecule has 17 heavy (non-hydrogen) atoms. The van der Waals surface area contributed by atoms with Gasteiger partial charge >= 0.3 is 5.97 Å². The van der Waals surface area contributed by atoms with Crippen LogP contribution in [0, 0.1) is 0 Å². The fraction of sp³-hybridized carbons (Fsp3) is 0.500. The molecule has 0 N–H and O–H groups in total. The zero-order chi connectivity index (χ0) is 12.3. The number of carbonyl (C=O) groups is 1. The number of hydrogen-bond donors (Lipinski definition) is 0. The van der Waals surface area contributed by atoms with Gasteiger partial charge in [-0.3, -0.25) is 4.79 Å². The van der Waals surface area contributed by atoms with Crippen molar-refractivity contribution >= 4 is 28.6 Å². The number of carbonyl (C=O) groups excluding carboxylic acids is 1. The minimum Gasteiger partial charge on any atom is -0.466 e. The van der Waals surface area contributed by atoms with Gasteiger partial charge in [-0.25, -0.2) is 0 Å². The third-order valence-corrected chi connectivity index (χ3v) is 3.26. The van der Waals surface area contributed by atoms with Crippen LogP contribution in [0.15, 0.2) is 30.3 Å². The lowest BCUT2D eigenvalue weighted by Gasteiger charge is -2.04. The monoisotopic (exact) mass is 346 g/mol. The zero-order valence-corrected chi connectivity index (χ0v) is 12.2. The molecule has 0 atom stereocenters. The molecule has 3 heteroatoms. The minimum absolute atomic E-state index is 0.0803. The number of alkyl halides is 1. The fourth-order valence-electron chi connectivity index (χ4n) is 1.52. The van der Waals surface area contributed by atoms with Gasteiger partial charge in [0, 0.05) is 6.42 Å². The third kappa shape index (κ3) is 7.36. The van der Waals surface area contributed by atoms with Crippen LogP contribution in [0.3, 0.4) is 0 Å². The number of hydrogen-bond acceptors (Lipinski definition) is 2. The zero-order valence-electron chi connectivity index (χ0n) is 10.0. The summed E-state index contributed by atoms with van der Waals surface area (Å²) in [6.45, 7) is 0.574. The van der Waals surface area contributed by atoms with Crippen molar-refractivity contribution in [1.82, 2.24) is 0 Å². The van der Waals surface area contributed by atoms with Crippen LogP contribution < -0.4 is 0 Å². The van der Waals surface area contributed by atoms with Crippen molar-refractivity contribution in [2.24, 2.45) is 0 Å². The summed E-state index contributed by atoms with van der Waals surface area (Å²) in [5, 5.41) is 0. The molecule has 0 saturated carbocycles. The molecule has 0 unspecified atom stereocenters. The maximum absolute atomic E-state index is 11.4. The largest absolute Gasteiger partial charge is 0.466 e. The predicted octanol–water partition coefficient (Wildman–Crippen LogP) is 3.77. The van der Waals surface area contributed by atoms with Crippen LogP contribution in [-0.2, 0) is 16.0 Å². The summed E-state index contributed by atoms with van der Waals surface area (Å²) in [4.78, 5) is 11.4. The van der Waals surface area contributed by atoms with Gasteiger partial charge < -0.3 is 4.74 Å². The Bertz CT molecular complexity index is 311. The minimum atomic E-state index is -0.0803. The summed E-state index contributed by atoms with van der Waals surface area (Å²) in [7, 11) is 0. The van der Waals surface area contributed by atoms with E-state index in [1.165, 1.54) is 16.4 Å². The summed E-state index contributed by atoms with van der Waals surface area (Å²) in [5.41, 5.74) is 1.19. The number of rotatable bonds is 8. The quantitative estimate of drug-likeness (QED) is 0.310. The van der Waals surface area contributed by atoms with Crippen LogP contribution in [0.4, 0.5) is 0 Å². The predicted molar refractivity (Wildman–Crippen MR) is 78.5 cm³/mol. The summed E-state index contributed by atoms with van der Waals surface area (Å²) >= 11 is 2.36. The van der Waals surface area contributed by atoms with E-state index in [9.17, 15) is 4.79 Å². The highest BCUT2D eigenvalue weighted by molar-refractivity contribution is 14.1. The molecule has 0 bridgehead atoms. The number of aryl methyl sites for hydroxylation is 1. The highest BCUT2D eigenvalue weighted by Gasteiger charge is 2.02. The Hall–Kier alpha value is -0.580. The lowest BCUT2D eigenvalue weighted by molar-refractivity contribution is -0.143. The van der Waals surface area contributed by atoms with E-state index in [0.717, 1.165) is 19.3 Å². The van der Waals surface area contributed by atoms with Crippen molar-refractivity contribution in [3.8, 4) is 0 Å². The average Bonchev–Trinajstić information content (AvgIpc) is 2.37. The van der Waals surface area contributed by atoms with Crippen LogP contribution in [0.5, 0.6) is 0 Å². The number of unbranched alkanes of at least 4 members (excludes halogenated alkanes) is 2. The van der Waals surface area contributed by atoms with Gasteiger partial charge in [-0.1, -0.05) is 52.9 Å². The Balaban J connectivity index is 2.05. The van der Waals surface area contributed by atoms with Gasteiger partial charge in [0.1, 0.15) is 0 Å². The van der Waals surface area contributed by atoms with Gasteiger partial charge in [-0.15, -0.1) is 0 Å². The first-order valence-electron chi connectivity index (χ1n) is 6.08. The molecule has 0 radical (unpaired) electrons. The first-order valence-corrected chi connectivity index (χ1v) is 7.61. The van der Waals surface area contributed by atoms with Crippen molar-refractivity contribution in [3.63, 3.8) is 0 Å². The van der Waals surface area contributed by atoms with E-state index in [1.807, 2.05) is 30.3 Å². The van der Waals surface area contributed by atoms with Gasteiger partial charge in [0.2, 0.25) is 0 Å². The lowest BCUT2D eigenvalue weighted by Crippen LogP contribution is -2.07. The van der Waals surface area contributed by atoms with Crippen LogP contribution in [0.25, 0.3) is 0 Å². The topological polar surface area (TPSA) is 26.3 Å². The molecule has 0 heterocycles. The molecule has 0 aliphatic rings. The molecule has 1 rings (SSSR count). The van der Waals surface area contributed by atoms with Crippen molar-refractivity contribution in [1.29, 1.82) is 0 Å². The van der Waals surface area contributed by atoms with E-state index >= 15 is 0 Å². The molecule has 0 amide bonds. The van der Waals surface area contributed by atoms with E-state index in [-0.39, 0.29) is 5.97 Å². The van der Waals surface area contributed by atoms with Gasteiger partial charge in [0.15, 0.2) is 0 Å². The Morgan fingerprint density at radius 2 is 1.88 bits per heavy atom. The smallest absolute Gasteiger partial charge is 0.306 e. The third-order valence-electron chi connectivity index (χ3n) is 2.50. The number of ether oxygens (including phenoxy) is 1. The maximum atomic E-state index is 11.4. The average molecular weight is 346 g/mol. The van der Waals surface area contributed by atoms with E-state index in [1.54, 1.807) is 0 Å². The highest BCUT2D eigenvalue weighted by Crippen LogP contribution is 2.04. The SMILES string of the molecule is O=C(CCc1ccccc1)OCCCCCI. The normalized spacial score (nSPS) is 10.2. The molecule has 0 spiro atoms. The van der Waals surface area contributed by atoms with E-state index in [4.69, 9.17) is 4.74 Å². The van der Waals surface area contributed by atoms with Crippen molar-refractivity contribution < 1.29 is 9.53 Å². The van der Waals surface area contributed by atoms with E-state index in [2.05, 4.69) is 22.6 Å². The lowest BCUT2D eigenvalue weighted by atomic mass is 10.1. The number of esters is 1. The first-order chi connectivity index (χ1) is 8.33. The standard InChI is InChI=1S/C14H19IO2/c15-11-5-2-6-12-17-14(16)10-9-13-7-3-1-4-8-13/h1,3-4,7-8H,2,5-6,9-12H2. The molecular weight excluding hydrogens is 327 g/mol. The second-order valence-corrected chi connectivity index (χ2v) is 5.03. The Morgan fingerprint density at radius 3 is 2.59 bits per heavy atom. The molecule has 2 nitrogen and oxygen atoms in total. The van der Waals surface area contributed by atoms with Gasteiger partial charge in [0.05, 0.1) is 6.61 Å². The Morgan fingerprint density at radius 1 is 1.12 bits per heavy atom. The van der Waals surface area contributed by atoms with E-state index < -0.39 is 0 Å². The maximum Gasteiger partial charge on any atom is 0.306 e. The van der Waals surface area contributed by atoms with Crippen molar-refractivity contribution in [2.75, 3.05) is 11.0 Å². The summed E-state index contributed by atoms with van der Waals surface area (Å²) in [6.07, 6.45) is 4.60. The molecule has 1 aromatic carbocycles. The van der Waals surface area contributed by atoms with Gasteiger partial charge in [-0.05, 0) is 35.7 Å². The van der Waals surface area contributed by atoms with Gasteiger partial charge in [-0.2, -0.15) is 0 Å². The fourth-order valence-corrected chi connectivity index (χ4v) is 2.06. The summed E-state index contributed by atoms with van der Waals surface area (Å²) < 4.78 is 6.35. The highest BCUT2D eigenvalue weighted by atomic mass is 127. The molecule has 94 valence electrons. The van der Waals surface area contributed by atoms with Crippen molar-refractivity contribution in [2.45, 2.75) is 32.1 Å². The molecule has 1 aromatic rings. The van der Waals surface area contributed by atoms with Gasteiger partial charge in [0.25, 0.3) is 0 Å². The molecule has 0 saturated heterocycles. The van der Waals surface area contributed by atoms with Crippen LogP contribution in [0.1, 0.15) is 31.2 Å². The van der Waals surface area contributed by atoms with Crippen LogP contribution in [0.2, 0.25) is 0 Å². The summed E-state index contributed by atoms with van der Waals surface area (Å²) in [5.74, 6) is -0.0803. The van der Waals surface area contributed by atoms with E-state index in [0.29, 0.717) is 13.0 Å². The van der Waals surface area contributed by atoms with Crippen LogP contribution in [-0.4, -0.2) is 17.0 Å². The second-order valence-electron chi connectivity index (χ2n) is 3.96. The molecule has 0 aliphatic carbocycles. The first kappa shape index (κ1) is 14.5. The Kier molecular flexibility index (Phi) is 8.05. The molecular formula is C14H19IO2. The van der Waals surface area contributed by atoms with Crippen molar-refractivity contribution in [3.05, 3.63) is 35.9 Å². The number of benzene rings is 1. The Labute approximate surface area is 117 Å². The number of halogens is 1. The molecule has 0 aliphatic heterocycles.